The summed E-state index contributed by atoms with van der Waals surface area (Å²) >= 11 is 0. The van der Waals surface area contributed by atoms with Crippen molar-refractivity contribution in [1.82, 2.24) is 0 Å². The molecule has 0 bridgehead atoms. The van der Waals surface area contributed by atoms with Gasteiger partial charge in [0.2, 0.25) is 5.91 Å². The smallest absolute Gasteiger partial charge is 0.248 e. The molecule has 1 aromatic rings. The van der Waals surface area contributed by atoms with E-state index in [0.29, 0.717) is 11.3 Å². The quantitative estimate of drug-likeness (QED) is 0.847. The van der Waals surface area contributed by atoms with E-state index in [4.69, 9.17) is 10.5 Å². The fourth-order valence-corrected chi connectivity index (χ4v) is 2.43. The Morgan fingerprint density at radius 1 is 1.21 bits per heavy atom. The highest BCUT2D eigenvalue weighted by atomic mass is 16.5. The molecular weight excluding hydrogens is 240 g/mol. The summed E-state index contributed by atoms with van der Waals surface area (Å²) in [6.45, 7) is 0. The predicted octanol–water partition coefficient (Wildman–Crippen LogP) is 2.64. The Hall–Kier alpha value is -2.02. The van der Waals surface area contributed by atoms with Gasteiger partial charge >= 0.3 is 0 Å². The van der Waals surface area contributed by atoms with E-state index in [-0.39, 0.29) is 12.0 Å². The highest BCUT2D eigenvalue weighted by Gasteiger charge is 2.25. The normalized spacial score (nSPS) is 23.1. The van der Waals surface area contributed by atoms with Crippen molar-refractivity contribution in [2.45, 2.75) is 38.2 Å². The molecule has 1 saturated carbocycles. The van der Waals surface area contributed by atoms with Gasteiger partial charge in [-0.2, -0.15) is 5.26 Å². The van der Waals surface area contributed by atoms with Crippen LogP contribution in [0.3, 0.4) is 0 Å². The third-order valence-electron chi connectivity index (χ3n) is 3.54. The Kier molecular flexibility index (Phi) is 4.40. The molecule has 1 aliphatic carbocycles. The average Bonchev–Trinajstić information content (AvgIpc) is 2.64. The highest BCUT2D eigenvalue weighted by Crippen LogP contribution is 2.27. The van der Waals surface area contributed by atoms with Gasteiger partial charge in [-0.05, 0) is 43.5 Å². The van der Waals surface area contributed by atoms with E-state index in [1.54, 1.807) is 24.3 Å². The fourth-order valence-electron chi connectivity index (χ4n) is 2.43. The monoisotopic (exact) mass is 258 g/mol. The third-order valence-corrected chi connectivity index (χ3v) is 3.54. The van der Waals surface area contributed by atoms with Crippen LogP contribution in [-0.2, 0) is 0 Å². The number of hydrogen-bond acceptors (Lipinski definition) is 3. The second-order valence-corrected chi connectivity index (χ2v) is 4.92. The van der Waals surface area contributed by atoms with Crippen LogP contribution in [0.4, 0.5) is 0 Å². The van der Waals surface area contributed by atoms with Crippen molar-refractivity contribution in [3.05, 3.63) is 29.8 Å². The van der Waals surface area contributed by atoms with Gasteiger partial charge in [0.25, 0.3) is 0 Å². The number of primary amides is 1. The van der Waals surface area contributed by atoms with E-state index in [0.717, 1.165) is 25.7 Å². The van der Waals surface area contributed by atoms with Crippen LogP contribution in [-0.4, -0.2) is 12.0 Å². The molecule has 19 heavy (non-hydrogen) atoms. The van der Waals surface area contributed by atoms with Crippen LogP contribution in [0.2, 0.25) is 0 Å². The van der Waals surface area contributed by atoms with E-state index in [1.165, 1.54) is 6.42 Å². The van der Waals surface area contributed by atoms with Gasteiger partial charge in [-0.15, -0.1) is 0 Å². The number of carbonyl (C=O) groups excluding carboxylic acids is 1. The van der Waals surface area contributed by atoms with Gasteiger partial charge in [0.05, 0.1) is 12.0 Å². The number of nitrogens with zero attached hydrogens (tertiary/aromatic N) is 1. The molecule has 2 atom stereocenters. The Morgan fingerprint density at radius 3 is 2.53 bits per heavy atom. The van der Waals surface area contributed by atoms with Crippen molar-refractivity contribution >= 4 is 5.91 Å². The van der Waals surface area contributed by atoms with Gasteiger partial charge in [-0.1, -0.05) is 12.8 Å². The van der Waals surface area contributed by atoms with Gasteiger partial charge < -0.3 is 10.5 Å². The summed E-state index contributed by atoms with van der Waals surface area (Å²) in [5, 5.41) is 9.19. The van der Waals surface area contributed by atoms with E-state index >= 15 is 0 Å². The minimum absolute atomic E-state index is 0.0432. The second kappa shape index (κ2) is 6.24. The summed E-state index contributed by atoms with van der Waals surface area (Å²) in [6, 6.07) is 9.11. The average molecular weight is 258 g/mol. The van der Waals surface area contributed by atoms with Crippen LogP contribution in [0.5, 0.6) is 5.75 Å². The first kappa shape index (κ1) is 13.4. The second-order valence-electron chi connectivity index (χ2n) is 4.92. The van der Waals surface area contributed by atoms with Crippen LogP contribution >= 0.6 is 0 Å². The van der Waals surface area contributed by atoms with Crippen molar-refractivity contribution in [3.8, 4) is 11.8 Å². The maximum Gasteiger partial charge on any atom is 0.248 e. The zero-order valence-corrected chi connectivity index (χ0v) is 10.8. The molecule has 0 spiro atoms. The van der Waals surface area contributed by atoms with Gasteiger partial charge in [0.15, 0.2) is 0 Å². The van der Waals surface area contributed by atoms with Gasteiger partial charge in [-0.3, -0.25) is 4.79 Å². The number of ether oxygens (including phenoxy) is 1. The lowest BCUT2D eigenvalue weighted by Gasteiger charge is -2.21. The van der Waals surface area contributed by atoms with E-state index < -0.39 is 5.91 Å². The summed E-state index contributed by atoms with van der Waals surface area (Å²) in [5.74, 6) is 0.200. The minimum Gasteiger partial charge on any atom is -0.489 e. The lowest BCUT2D eigenvalue weighted by molar-refractivity contribution is 0.1000. The molecule has 2 unspecified atom stereocenters. The summed E-state index contributed by atoms with van der Waals surface area (Å²) in [6.07, 6.45) is 5.13. The molecule has 1 amide bonds. The zero-order chi connectivity index (χ0) is 13.7. The largest absolute Gasteiger partial charge is 0.489 e. The number of amides is 1. The Balaban J connectivity index is 2.06. The highest BCUT2D eigenvalue weighted by molar-refractivity contribution is 5.92. The maximum atomic E-state index is 11.0. The van der Waals surface area contributed by atoms with Crippen LogP contribution in [0.1, 0.15) is 42.5 Å². The molecule has 1 fully saturated rings. The molecule has 2 N–H and O–H groups in total. The number of nitriles is 1. The number of benzene rings is 1. The minimum atomic E-state index is -0.448. The summed E-state index contributed by atoms with van der Waals surface area (Å²) < 4.78 is 5.90. The van der Waals surface area contributed by atoms with Gasteiger partial charge in [-0.25, -0.2) is 0 Å². The molecule has 0 aliphatic heterocycles. The van der Waals surface area contributed by atoms with E-state index in [1.807, 2.05) is 0 Å². The summed E-state index contributed by atoms with van der Waals surface area (Å²) in [7, 11) is 0. The standard InChI is InChI=1S/C15H18N2O2/c16-10-12-4-2-1-3-5-14(12)19-13-8-6-11(7-9-13)15(17)18/h6-9,12,14H,1-5H2,(H2,17,18). The van der Waals surface area contributed by atoms with Crippen molar-refractivity contribution in [3.63, 3.8) is 0 Å². The molecule has 0 aromatic heterocycles. The fraction of sp³-hybridized carbons (Fsp3) is 0.467. The first-order valence-electron chi connectivity index (χ1n) is 6.67. The molecule has 0 saturated heterocycles. The topological polar surface area (TPSA) is 76.1 Å². The van der Waals surface area contributed by atoms with E-state index in [9.17, 15) is 10.1 Å². The molecule has 1 aromatic carbocycles. The molecule has 0 radical (unpaired) electrons. The Morgan fingerprint density at radius 2 is 1.89 bits per heavy atom. The molecule has 2 rings (SSSR count). The lowest BCUT2D eigenvalue weighted by atomic mass is 9.99. The van der Waals surface area contributed by atoms with Crippen molar-refractivity contribution in [1.29, 1.82) is 5.26 Å². The molecule has 4 nitrogen and oxygen atoms in total. The maximum absolute atomic E-state index is 11.0. The summed E-state index contributed by atoms with van der Waals surface area (Å²) in [4.78, 5) is 11.0. The first-order chi connectivity index (χ1) is 9.20. The van der Waals surface area contributed by atoms with Crippen molar-refractivity contribution in [2.24, 2.45) is 11.7 Å². The van der Waals surface area contributed by atoms with Crippen LogP contribution in [0.25, 0.3) is 0 Å². The molecule has 4 heteroatoms. The Bertz CT molecular complexity index is 476. The SMILES string of the molecule is N#CC1CCCCCC1Oc1ccc(C(N)=O)cc1. The number of hydrogen-bond donors (Lipinski definition) is 1. The lowest BCUT2D eigenvalue weighted by Crippen LogP contribution is -2.25. The molecule has 1 aliphatic rings. The predicted molar refractivity (Wildman–Crippen MR) is 71.6 cm³/mol. The van der Waals surface area contributed by atoms with E-state index in [2.05, 4.69) is 6.07 Å². The summed E-state index contributed by atoms with van der Waals surface area (Å²) in [5.41, 5.74) is 5.65. The third kappa shape index (κ3) is 3.47. The Labute approximate surface area is 113 Å². The van der Waals surface area contributed by atoms with Gasteiger partial charge in [0.1, 0.15) is 11.9 Å². The number of rotatable bonds is 3. The van der Waals surface area contributed by atoms with Gasteiger partial charge in [0, 0.05) is 5.56 Å². The van der Waals surface area contributed by atoms with Crippen LogP contribution in [0.15, 0.2) is 24.3 Å². The van der Waals surface area contributed by atoms with Crippen LogP contribution in [0, 0.1) is 17.2 Å². The first-order valence-corrected chi connectivity index (χ1v) is 6.67. The molecular formula is C15H18N2O2. The zero-order valence-electron chi connectivity index (χ0n) is 10.8. The van der Waals surface area contributed by atoms with Crippen molar-refractivity contribution in [2.75, 3.05) is 0 Å². The molecule has 0 heterocycles. The number of nitrogens with two attached hydrogens (primary N) is 1. The number of carbonyl (C=O) groups is 1. The molecule has 100 valence electrons. The van der Waals surface area contributed by atoms with Crippen molar-refractivity contribution < 1.29 is 9.53 Å². The van der Waals surface area contributed by atoms with Crippen LogP contribution < -0.4 is 10.5 Å².